The quantitative estimate of drug-likeness (QED) is 0.555. The Hall–Kier alpha value is -0.700. The lowest BCUT2D eigenvalue weighted by Gasteiger charge is -2.15. The minimum atomic E-state index is 0.554. The van der Waals surface area contributed by atoms with Crippen molar-refractivity contribution >= 4 is 23.2 Å². The molecule has 0 aliphatic rings. The van der Waals surface area contributed by atoms with Gasteiger partial charge in [0.2, 0.25) is 0 Å². The van der Waals surface area contributed by atoms with E-state index in [1.807, 2.05) is 12.1 Å². The van der Waals surface area contributed by atoms with Crippen molar-refractivity contribution in [3.63, 3.8) is 0 Å². The first-order valence-corrected chi connectivity index (χ1v) is 7.22. The van der Waals surface area contributed by atoms with Crippen LogP contribution in [0.25, 0.3) is 0 Å². The highest BCUT2D eigenvalue weighted by Gasteiger charge is 2.10. The summed E-state index contributed by atoms with van der Waals surface area (Å²) in [5.74, 6) is 1.31. The fourth-order valence-corrected chi connectivity index (χ4v) is 2.24. The topological polar surface area (TPSA) is 21.3 Å². The van der Waals surface area contributed by atoms with Gasteiger partial charge < -0.3 is 10.1 Å². The highest BCUT2D eigenvalue weighted by Crippen LogP contribution is 2.32. The van der Waals surface area contributed by atoms with Gasteiger partial charge in [-0.05, 0) is 31.0 Å². The second-order valence-corrected chi connectivity index (χ2v) is 5.67. The number of rotatable bonds is 8. The van der Waals surface area contributed by atoms with Gasteiger partial charge in [-0.25, -0.2) is 0 Å². The van der Waals surface area contributed by atoms with Gasteiger partial charge in [0.1, 0.15) is 5.75 Å². The van der Waals surface area contributed by atoms with Crippen molar-refractivity contribution in [1.82, 2.24) is 5.32 Å². The van der Waals surface area contributed by atoms with E-state index >= 15 is 0 Å². The fourth-order valence-electron chi connectivity index (χ4n) is 1.65. The molecule has 0 radical (unpaired) electrons. The van der Waals surface area contributed by atoms with Gasteiger partial charge in [-0.2, -0.15) is 0 Å². The second-order valence-electron chi connectivity index (χ2n) is 4.83. The van der Waals surface area contributed by atoms with Gasteiger partial charge in [0.05, 0.1) is 11.6 Å². The zero-order valence-electron chi connectivity index (χ0n) is 11.5. The molecule has 1 aromatic carbocycles. The second kappa shape index (κ2) is 8.47. The molecule has 0 spiro atoms. The van der Waals surface area contributed by atoms with E-state index in [1.54, 1.807) is 6.07 Å². The summed E-state index contributed by atoms with van der Waals surface area (Å²) in [7, 11) is 0. The van der Waals surface area contributed by atoms with Crippen molar-refractivity contribution in [3.8, 4) is 5.75 Å². The minimum absolute atomic E-state index is 0.554. The Morgan fingerprint density at radius 1 is 1.37 bits per heavy atom. The van der Waals surface area contributed by atoms with Gasteiger partial charge in [-0.15, -0.1) is 6.58 Å². The summed E-state index contributed by atoms with van der Waals surface area (Å²) in [6.45, 7) is 10.2. The molecule has 0 saturated heterocycles. The molecule has 0 saturated carbocycles. The lowest BCUT2D eigenvalue weighted by Crippen LogP contribution is -2.19. The molecule has 2 nitrogen and oxygen atoms in total. The standard InChI is InChI=1S/C15H21Cl2NO/c1-4-5-6-19-15-12(10-18-9-11(2)3)7-13(16)8-14(15)17/h4,7-8,11,18H,1,5-6,9-10H2,2-3H3. The number of halogens is 2. The lowest BCUT2D eigenvalue weighted by molar-refractivity contribution is 0.320. The van der Waals surface area contributed by atoms with Crippen LogP contribution >= 0.6 is 23.2 Å². The predicted molar refractivity (Wildman–Crippen MR) is 83.3 cm³/mol. The molecule has 1 N–H and O–H groups in total. The van der Waals surface area contributed by atoms with E-state index in [4.69, 9.17) is 27.9 Å². The van der Waals surface area contributed by atoms with E-state index in [9.17, 15) is 0 Å². The van der Waals surface area contributed by atoms with Gasteiger partial charge in [-0.3, -0.25) is 0 Å². The summed E-state index contributed by atoms with van der Waals surface area (Å²) in [4.78, 5) is 0. The number of hydrogen-bond acceptors (Lipinski definition) is 2. The largest absolute Gasteiger partial charge is 0.491 e. The van der Waals surface area contributed by atoms with Crippen LogP contribution in [0.15, 0.2) is 24.8 Å². The van der Waals surface area contributed by atoms with Crippen LogP contribution in [0.1, 0.15) is 25.8 Å². The molecule has 0 unspecified atom stereocenters. The van der Waals surface area contributed by atoms with E-state index < -0.39 is 0 Å². The van der Waals surface area contributed by atoms with Crippen LogP contribution in [0.5, 0.6) is 5.75 Å². The molecule has 106 valence electrons. The van der Waals surface area contributed by atoms with Crippen LogP contribution in [0.2, 0.25) is 10.0 Å². The normalized spacial score (nSPS) is 10.8. The third-order valence-electron chi connectivity index (χ3n) is 2.52. The Morgan fingerprint density at radius 3 is 2.74 bits per heavy atom. The van der Waals surface area contributed by atoms with Gasteiger partial charge in [0, 0.05) is 17.1 Å². The summed E-state index contributed by atoms with van der Waals surface area (Å²) < 4.78 is 5.72. The minimum Gasteiger partial charge on any atom is -0.491 e. The SMILES string of the molecule is C=CCCOc1c(Cl)cc(Cl)cc1CNCC(C)C. The zero-order valence-corrected chi connectivity index (χ0v) is 13.0. The molecule has 0 atom stereocenters. The number of benzene rings is 1. The van der Waals surface area contributed by atoms with Crippen molar-refractivity contribution < 1.29 is 4.74 Å². The molecule has 0 amide bonds. The molecule has 1 aromatic rings. The molecule has 0 aliphatic carbocycles. The third kappa shape index (κ3) is 5.85. The Labute approximate surface area is 125 Å². The van der Waals surface area contributed by atoms with Crippen molar-refractivity contribution in [3.05, 3.63) is 40.4 Å². The third-order valence-corrected chi connectivity index (χ3v) is 3.02. The van der Waals surface area contributed by atoms with Gasteiger partial charge in [0.25, 0.3) is 0 Å². The first-order chi connectivity index (χ1) is 9.04. The zero-order chi connectivity index (χ0) is 14.3. The van der Waals surface area contributed by atoms with E-state index in [1.165, 1.54) is 0 Å². The van der Waals surface area contributed by atoms with Crippen molar-refractivity contribution in [2.45, 2.75) is 26.8 Å². The van der Waals surface area contributed by atoms with Crippen LogP contribution in [-0.2, 0) is 6.54 Å². The van der Waals surface area contributed by atoms with E-state index in [2.05, 4.69) is 25.7 Å². The highest BCUT2D eigenvalue weighted by atomic mass is 35.5. The molecule has 0 aromatic heterocycles. The molecule has 1 rings (SSSR count). The average molecular weight is 302 g/mol. The Morgan fingerprint density at radius 2 is 2.11 bits per heavy atom. The molecule has 0 heterocycles. The number of ether oxygens (including phenoxy) is 1. The van der Waals surface area contributed by atoms with Crippen molar-refractivity contribution in [2.75, 3.05) is 13.2 Å². The maximum absolute atomic E-state index is 6.19. The van der Waals surface area contributed by atoms with Crippen LogP contribution in [0, 0.1) is 5.92 Å². The first-order valence-electron chi connectivity index (χ1n) is 6.47. The van der Waals surface area contributed by atoms with Crippen LogP contribution in [-0.4, -0.2) is 13.2 Å². The summed E-state index contributed by atoms with van der Waals surface area (Å²) in [6, 6.07) is 3.60. The first kappa shape index (κ1) is 16.4. The molecule has 0 fully saturated rings. The monoisotopic (exact) mass is 301 g/mol. The molecular formula is C15H21Cl2NO. The van der Waals surface area contributed by atoms with Gasteiger partial charge in [0.15, 0.2) is 0 Å². The molecule has 0 bridgehead atoms. The van der Waals surface area contributed by atoms with Crippen LogP contribution < -0.4 is 10.1 Å². The van der Waals surface area contributed by atoms with Crippen molar-refractivity contribution in [2.24, 2.45) is 5.92 Å². The summed E-state index contributed by atoms with van der Waals surface area (Å²) in [6.07, 6.45) is 2.61. The Kier molecular flexibility index (Phi) is 7.29. The smallest absolute Gasteiger partial charge is 0.142 e. The summed E-state index contributed by atoms with van der Waals surface area (Å²) >= 11 is 12.2. The number of hydrogen-bond donors (Lipinski definition) is 1. The lowest BCUT2D eigenvalue weighted by atomic mass is 10.1. The molecular weight excluding hydrogens is 281 g/mol. The maximum Gasteiger partial charge on any atom is 0.142 e. The van der Waals surface area contributed by atoms with Crippen LogP contribution in [0.3, 0.4) is 0 Å². The van der Waals surface area contributed by atoms with Gasteiger partial charge >= 0.3 is 0 Å². The molecule has 4 heteroatoms. The highest BCUT2D eigenvalue weighted by molar-refractivity contribution is 6.35. The van der Waals surface area contributed by atoms with Gasteiger partial charge in [-0.1, -0.05) is 43.1 Å². The summed E-state index contributed by atoms with van der Waals surface area (Å²) in [5, 5.41) is 4.55. The van der Waals surface area contributed by atoms with E-state index in [-0.39, 0.29) is 0 Å². The van der Waals surface area contributed by atoms with Crippen molar-refractivity contribution in [1.29, 1.82) is 0 Å². The Bertz CT molecular complexity index is 419. The summed E-state index contributed by atoms with van der Waals surface area (Å²) in [5.41, 5.74) is 0.988. The molecule has 0 aliphatic heterocycles. The van der Waals surface area contributed by atoms with E-state index in [0.717, 1.165) is 18.5 Å². The predicted octanol–water partition coefficient (Wildman–Crippen LogP) is 4.69. The Balaban J connectivity index is 2.77. The maximum atomic E-state index is 6.19. The fraction of sp³-hybridized carbons (Fsp3) is 0.467. The van der Waals surface area contributed by atoms with E-state index in [0.29, 0.717) is 34.9 Å². The number of nitrogens with one attached hydrogen (secondary N) is 1. The van der Waals surface area contributed by atoms with Crippen LogP contribution in [0.4, 0.5) is 0 Å². The average Bonchev–Trinajstić information content (AvgIpc) is 2.32. The molecule has 19 heavy (non-hydrogen) atoms.